The molecule has 4 N–H and O–H groups in total. The van der Waals surface area contributed by atoms with Gasteiger partial charge in [-0.2, -0.15) is 5.11 Å². The molecule has 0 aromatic heterocycles. The zero-order valence-electron chi connectivity index (χ0n) is 17.6. The van der Waals surface area contributed by atoms with E-state index in [0.717, 1.165) is 0 Å². The highest BCUT2D eigenvalue weighted by atomic mass is 16.5. The van der Waals surface area contributed by atoms with Crippen LogP contribution in [-0.2, 0) is 0 Å². The summed E-state index contributed by atoms with van der Waals surface area (Å²) >= 11 is 0. The molecule has 0 radical (unpaired) electrons. The number of azo groups is 1. The zero-order valence-corrected chi connectivity index (χ0v) is 17.6. The molecular weight excluding hydrogens is 420 g/mol. The minimum atomic E-state index is -0.545. The number of hydrogen-bond donors (Lipinski definition) is 3. The van der Waals surface area contributed by atoms with E-state index >= 15 is 0 Å². The predicted octanol–water partition coefficient (Wildman–Crippen LogP) is 5.32. The number of methoxy groups -OCH3 is 1. The number of para-hydroxylation sites is 2. The van der Waals surface area contributed by atoms with E-state index in [1.165, 1.54) is 19.2 Å². The van der Waals surface area contributed by atoms with Crippen LogP contribution in [0.4, 0.5) is 17.1 Å². The Labute approximate surface area is 189 Å². The summed E-state index contributed by atoms with van der Waals surface area (Å²) in [5.74, 6) is -0.884. The number of rotatable bonds is 6. The number of nitrogens with one attached hydrogen (secondary N) is 1. The Morgan fingerprint density at radius 1 is 0.939 bits per heavy atom. The highest BCUT2D eigenvalue weighted by Gasteiger charge is 2.19. The monoisotopic (exact) mass is 440 g/mol. The van der Waals surface area contributed by atoms with E-state index in [0.29, 0.717) is 33.5 Å². The van der Waals surface area contributed by atoms with Gasteiger partial charge in [0.05, 0.1) is 24.0 Å². The van der Waals surface area contributed by atoms with Gasteiger partial charge in [-0.25, -0.2) is 0 Å². The molecule has 0 bridgehead atoms. The molecule has 33 heavy (non-hydrogen) atoms. The van der Waals surface area contributed by atoms with E-state index in [4.69, 9.17) is 10.5 Å². The zero-order chi connectivity index (χ0) is 23.4. The van der Waals surface area contributed by atoms with Gasteiger partial charge in [0.25, 0.3) is 5.91 Å². The number of aromatic hydroxyl groups is 1. The minimum absolute atomic E-state index is 0.0395. The summed E-state index contributed by atoms with van der Waals surface area (Å²) in [5, 5.41) is 23.4. The molecule has 4 aromatic carbocycles. The Balaban J connectivity index is 1.74. The van der Waals surface area contributed by atoms with Gasteiger partial charge < -0.3 is 20.9 Å². The van der Waals surface area contributed by atoms with Crippen molar-refractivity contribution in [2.24, 2.45) is 16.0 Å². The summed E-state index contributed by atoms with van der Waals surface area (Å²) in [5.41, 5.74) is 6.71. The van der Waals surface area contributed by atoms with Crippen LogP contribution in [0.1, 0.15) is 20.7 Å². The molecule has 0 aliphatic heterocycles. The van der Waals surface area contributed by atoms with E-state index in [1.54, 1.807) is 54.6 Å². The number of carbonyl (C=O) groups is 2. The van der Waals surface area contributed by atoms with Crippen molar-refractivity contribution in [2.45, 2.75) is 0 Å². The normalized spacial score (nSPS) is 10.9. The number of phenols is 1. The summed E-state index contributed by atoms with van der Waals surface area (Å²) in [6.45, 7) is 0. The van der Waals surface area contributed by atoms with Crippen LogP contribution in [0, 0.1) is 0 Å². The third-order valence-electron chi connectivity index (χ3n) is 5.01. The molecule has 0 unspecified atom stereocenters. The van der Waals surface area contributed by atoms with Crippen LogP contribution in [0.3, 0.4) is 0 Å². The lowest BCUT2D eigenvalue weighted by molar-refractivity contribution is 0.0997. The molecule has 8 nitrogen and oxygen atoms in total. The van der Waals surface area contributed by atoms with Crippen molar-refractivity contribution in [3.05, 3.63) is 90.0 Å². The first-order valence-electron chi connectivity index (χ1n) is 9.98. The van der Waals surface area contributed by atoms with Gasteiger partial charge in [0.15, 0.2) is 5.75 Å². The van der Waals surface area contributed by atoms with Crippen LogP contribution >= 0.6 is 0 Å². The van der Waals surface area contributed by atoms with Crippen LogP contribution < -0.4 is 15.8 Å². The molecule has 0 saturated carbocycles. The summed E-state index contributed by atoms with van der Waals surface area (Å²) in [6.07, 6.45) is 0. The highest BCUT2D eigenvalue weighted by Crippen LogP contribution is 2.40. The fourth-order valence-corrected chi connectivity index (χ4v) is 3.33. The number of fused-ring (bicyclic) bond motifs is 1. The molecule has 4 rings (SSSR count). The number of nitrogens with two attached hydrogens (primary N) is 1. The van der Waals surface area contributed by atoms with Crippen LogP contribution in [0.2, 0.25) is 0 Å². The SMILES string of the molecule is COc1ccccc1NC(=O)c1cc2ccccc2c(/N=N/c2ccc(C(N)=O)cc2)c1O. The number of primary amides is 1. The first-order valence-corrected chi connectivity index (χ1v) is 9.98. The second kappa shape index (κ2) is 9.19. The summed E-state index contributed by atoms with van der Waals surface area (Å²) in [4.78, 5) is 24.3. The van der Waals surface area contributed by atoms with Crippen molar-refractivity contribution in [3.63, 3.8) is 0 Å². The third-order valence-corrected chi connectivity index (χ3v) is 5.01. The largest absolute Gasteiger partial charge is 0.505 e. The molecule has 0 spiro atoms. The number of phenolic OH excluding ortho intramolecular Hbond substituents is 1. The summed E-state index contributed by atoms with van der Waals surface area (Å²) in [6, 6.07) is 22.0. The smallest absolute Gasteiger partial charge is 0.259 e. The van der Waals surface area contributed by atoms with Crippen LogP contribution in [0.15, 0.2) is 89.1 Å². The lowest BCUT2D eigenvalue weighted by Crippen LogP contribution is -2.13. The van der Waals surface area contributed by atoms with E-state index in [-0.39, 0.29) is 17.0 Å². The first kappa shape index (κ1) is 21.5. The molecular formula is C25H20N4O4. The Morgan fingerprint density at radius 3 is 2.36 bits per heavy atom. The Kier molecular flexibility index (Phi) is 5.99. The van der Waals surface area contributed by atoms with Crippen LogP contribution in [0.5, 0.6) is 11.5 Å². The number of benzene rings is 4. The third kappa shape index (κ3) is 4.49. The highest BCUT2D eigenvalue weighted by molar-refractivity contribution is 6.12. The molecule has 4 aromatic rings. The molecule has 0 heterocycles. The topological polar surface area (TPSA) is 126 Å². The van der Waals surface area contributed by atoms with Gasteiger partial charge in [-0.3, -0.25) is 9.59 Å². The molecule has 0 aliphatic carbocycles. The maximum absolute atomic E-state index is 13.0. The quantitative estimate of drug-likeness (QED) is 0.351. The number of nitrogens with zero attached hydrogens (tertiary/aromatic N) is 2. The van der Waals surface area contributed by atoms with Gasteiger partial charge in [0, 0.05) is 10.9 Å². The summed E-state index contributed by atoms with van der Waals surface area (Å²) < 4.78 is 5.28. The van der Waals surface area contributed by atoms with Gasteiger partial charge in [0.2, 0.25) is 5.91 Å². The lowest BCUT2D eigenvalue weighted by atomic mass is 10.0. The molecule has 0 saturated heterocycles. The molecule has 0 fully saturated rings. The van der Waals surface area contributed by atoms with Crippen molar-refractivity contribution < 1.29 is 19.4 Å². The molecule has 2 amide bonds. The number of amides is 2. The van der Waals surface area contributed by atoms with Crippen molar-refractivity contribution in [2.75, 3.05) is 12.4 Å². The minimum Gasteiger partial charge on any atom is -0.505 e. The van der Waals surface area contributed by atoms with Crippen molar-refractivity contribution in [1.82, 2.24) is 0 Å². The molecule has 0 aliphatic rings. The van der Waals surface area contributed by atoms with Crippen molar-refractivity contribution in [3.8, 4) is 11.5 Å². The fraction of sp³-hybridized carbons (Fsp3) is 0.0400. The van der Waals surface area contributed by atoms with Crippen LogP contribution in [-0.4, -0.2) is 24.0 Å². The maximum atomic E-state index is 13.0. The second-order valence-corrected chi connectivity index (χ2v) is 7.11. The van der Waals surface area contributed by atoms with Crippen molar-refractivity contribution in [1.29, 1.82) is 0 Å². The standard InChI is InChI=1S/C25H20N4O4/c1-33-21-9-5-4-8-20(21)27-25(32)19-14-16-6-2-3-7-18(16)22(23(19)30)29-28-17-12-10-15(11-13-17)24(26)31/h2-14,30H,1H3,(H2,26,31)(H,27,32)/b29-28+. The van der Waals surface area contributed by atoms with Gasteiger partial charge in [-0.15, -0.1) is 5.11 Å². The van der Waals surface area contributed by atoms with Gasteiger partial charge >= 0.3 is 0 Å². The van der Waals surface area contributed by atoms with Crippen LogP contribution in [0.25, 0.3) is 10.8 Å². The fourth-order valence-electron chi connectivity index (χ4n) is 3.33. The molecule has 164 valence electrons. The number of anilines is 1. The average molecular weight is 440 g/mol. The predicted molar refractivity (Wildman–Crippen MR) is 126 cm³/mol. The number of hydrogen-bond acceptors (Lipinski definition) is 6. The van der Waals surface area contributed by atoms with E-state index in [1.807, 2.05) is 12.1 Å². The van der Waals surface area contributed by atoms with E-state index < -0.39 is 11.8 Å². The molecule has 8 heteroatoms. The van der Waals surface area contributed by atoms with Gasteiger partial charge in [-0.1, -0.05) is 36.4 Å². The van der Waals surface area contributed by atoms with Gasteiger partial charge in [0.1, 0.15) is 11.4 Å². The van der Waals surface area contributed by atoms with Gasteiger partial charge in [-0.05, 0) is 47.9 Å². The maximum Gasteiger partial charge on any atom is 0.259 e. The summed E-state index contributed by atoms with van der Waals surface area (Å²) in [7, 11) is 1.51. The number of carbonyl (C=O) groups excluding carboxylic acids is 2. The second-order valence-electron chi connectivity index (χ2n) is 7.11. The Morgan fingerprint density at radius 2 is 1.64 bits per heavy atom. The molecule has 0 atom stereocenters. The van der Waals surface area contributed by atoms with E-state index in [9.17, 15) is 14.7 Å². The Hall–Kier alpha value is -4.72. The van der Waals surface area contributed by atoms with E-state index in [2.05, 4.69) is 15.5 Å². The average Bonchev–Trinajstić information content (AvgIpc) is 2.83. The Bertz CT molecular complexity index is 1380. The number of ether oxygens (including phenoxy) is 1. The van der Waals surface area contributed by atoms with Crippen molar-refractivity contribution >= 4 is 39.6 Å². The lowest BCUT2D eigenvalue weighted by Gasteiger charge is -2.13. The first-order chi connectivity index (χ1) is 16.0.